The molecule has 0 radical (unpaired) electrons. The Hall–Kier alpha value is -4.37. The van der Waals surface area contributed by atoms with E-state index >= 15 is 0 Å². The summed E-state index contributed by atoms with van der Waals surface area (Å²) in [4.78, 5) is 9.90. The van der Waals surface area contributed by atoms with Gasteiger partial charge in [-0.2, -0.15) is 0 Å². The molecule has 206 valence electrons. The molecule has 2 aromatic carbocycles. The molecule has 2 aromatic heterocycles. The summed E-state index contributed by atoms with van der Waals surface area (Å²) in [6, 6.07) is 15.4. The number of nitrogens with zero attached hydrogens (tertiary/aromatic N) is 5. The highest BCUT2D eigenvalue weighted by molar-refractivity contribution is 6.31. The predicted octanol–water partition coefficient (Wildman–Crippen LogP) is 6.29. The minimum Gasteiger partial charge on any atom is -0.497 e. The zero-order valence-corrected chi connectivity index (χ0v) is 23.6. The van der Waals surface area contributed by atoms with Crippen molar-refractivity contribution in [1.29, 1.82) is 0 Å². The zero-order valence-electron chi connectivity index (χ0n) is 22.8. The monoisotopic (exact) mass is 559 g/mol. The summed E-state index contributed by atoms with van der Waals surface area (Å²) >= 11 is 6.19. The molecule has 0 bridgehead atoms. The lowest BCUT2D eigenvalue weighted by Crippen LogP contribution is -2.22. The van der Waals surface area contributed by atoms with Crippen LogP contribution in [0.4, 0.5) is 0 Å². The first-order chi connectivity index (χ1) is 19.4. The molecule has 0 saturated carbocycles. The van der Waals surface area contributed by atoms with E-state index in [1.165, 1.54) is 5.57 Å². The number of fused-ring (bicyclic) bond motifs is 1. The Balaban J connectivity index is 1.43. The average Bonchev–Trinajstić information content (AvgIpc) is 3.44. The lowest BCUT2D eigenvalue weighted by atomic mass is 9.93. The molecule has 0 fully saturated rings. The molecule has 0 N–H and O–H groups in total. The van der Waals surface area contributed by atoms with Crippen molar-refractivity contribution in [2.24, 2.45) is 5.16 Å². The van der Waals surface area contributed by atoms with Crippen molar-refractivity contribution in [2.45, 2.75) is 39.4 Å². The summed E-state index contributed by atoms with van der Waals surface area (Å²) < 4.78 is 19.0. The van der Waals surface area contributed by atoms with Crippen LogP contribution in [0.15, 0.2) is 77.7 Å². The van der Waals surface area contributed by atoms with Gasteiger partial charge in [-0.25, -0.2) is 9.67 Å². The van der Waals surface area contributed by atoms with Crippen LogP contribution < -0.4 is 14.2 Å². The van der Waals surface area contributed by atoms with Gasteiger partial charge in [-0.1, -0.05) is 45.8 Å². The lowest BCUT2D eigenvalue weighted by Gasteiger charge is -2.28. The fraction of sp³-hybridized carbons (Fsp3) is 0.267. The molecular weight excluding hydrogens is 530 g/mol. The van der Waals surface area contributed by atoms with Crippen molar-refractivity contribution in [3.05, 3.63) is 100 Å². The van der Waals surface area contributed by atoms with E-state index in [0.29, 0.717) is 28.7 Å². The molecule has 1 atom stereocenters. The number of hydrogen-bond acceptors (Lipinski definition) is 8. The van der Waals surface area contributed by atoms with Crippen LogP contribution in [0.5, 0.6) is 17.2 Å². The minimum atomic E-state index is -0.261. The predicted molar refractivity (Wildman–Crippen MR) is 153 cm³/mol. The molecule has 9 nitrogen and oxygen atoms in total. The normalized spacial score (nSPS) is 15.2. The van der Waals surface area contributed by atoms with Gasteiger partial charge in [0.2, 0.25) is 0 Å². The summed E-state index contributed by atoms with van der Waals surface area (Å²) in [5.41, 5.74) is 6.14. The highest BCUT2D eigenvalue weighted by Crippen LogP contribution is 2.40. The van der Waals surface area contributed by atoms with Crippen LogP contribution in [0.1, 0.15) is 48.8 Å². The third kappa shape index (κ3) is 6.10. The zero-order chi connectivity index (χ0) is 28.1. The second-order valence-corrected chi connectivity index (χ2v) is 9.87. The van der Waals surface area contributed by atoms with Gasteiger partial charge in [0.1, 0.15) is 34.7 Å². The van der Waals surface area contributed by atoms with E-state index in [4.69, 9.17) is 30.6 Å². The quantitative estimate of drug-likeness (QED) is 0.135. The molecule has 3 heterocycles. The number of hydrogen-bond donors (Lipinski definition) is 0. The van der Waals surface area contributed by atoms with Gasteiger partial charge in [-0.3, -0.25) is 0 Å². The standard InChI is InChI=1S/C30H30ClN5O4/c1-19(2)7-8-21-14-24-25(34-39-18-22-17-36(35-33-22)26-6-5-13-32-30(26)31)15-28(40-29(24)16-27(21)38-4)20-9-11-23(37-3)12-10-20/h5-7,9-14,16-17,28H,8,15,18H2,1-4H3/b34-25-/t28-/m0/s1. The molecule has 0 aliphatic carbocycles. The number of ether oxygens (including phenoxy) is 3. The number of oxime groups is 1. The first kappa shape index (κ1) is 27.2. The lowest BCUT2D eigenvalue weighted by molar-refractivity contribution is 0.124. The fourth-order valence-electron chi connectivity index (χ4n) is 4.37. The Labute approximate surface area is 238 Å². The van der Waals surface area contributed by atoms with Gasteiger partial charge in [0.05, 0.1) is 26.1 Å². The summed E-state index contributed by atoms with van der Waals surface area (Å²) in [6.07, 6.45) is 6.51. The number of aromatic nitrogens is 4. The van der Waals surface area contributed by atoms with Crippen LogP contribution in [0.3, 0.4) is 0 Å². The maximum atomic E-state index is 6.46. The van der Waals surface area contributed by atoms with Crippen molar-refractivity contribution >= 4 is 17.3 Å². The van der Waals surface area contributed by atoms with Crippen LogP contribution >= 0.6 is 11.6 Å². The van der Waals surface area contributed by atoms with Gasteiger partial charge in [0.25, 0.3) is 0 Å². The number of halogens is 1. The fourth-order valence-corrected chi connectivity index (χ4v) is 4.58. The second-order valence-electron chi connectivity index (χ2n) is 9.51. The Bertz CT molecular complexity index is 1540. The van der Waals surface area contributed by atoms with Crippen LogP contribution in [-0.4, -0.2) is 39.9 Å². The molecule has 10 heteroatoms. The molecule has 5 rings (SSSR count). The van der Waals surface area contributed by atoms with E-state index in [9.17, 15) is 0 Å². The summed E-state index contributed by atoms with van der Waals surface area (Å²) in [5.74, 6) is 2.23. The van der Waals surface area contributed by atoms with Gasteiger partial charge >= 0.3 is 0 Å². The van der Waals surface area contributed by atoms with Crippen LogP contribution in [-0.2, 0) is 17.9 Å². The van der Waals surface area contributed by atoms with Crippen LogP contribution in [0, 0.1) is 0 Å². The topological polar surface area (TPSA) is 92.9 Å². The second kappa shape index (κ2) is 12.2. The van der Waals surface area contributed by atoms with E-state index in [2.05, 4.69) is 46.4 Å². The smallest absolute Gasteiger partial charge is 0.162 e. The number of rotatable bonds is 9. The molecule has 0 saturated heterocycles. The summed E-state index contributed by atoms with van der Waals surface area (Å²) in [6.45, 7) is 4.28. The van der Waals surface area contributed by atoms with Crippen molar-refractivity contribution in [2.75, 3.05) is 14.2 Å². The molecule has 4 aromatic rings. The highest BCUT2D eigenvalue weighted by Gasteiger charge is 2.29. The molecule has 1 aliphatic rings. The number of benzene rings is 2. The van der Waals surface area contributed by atoms with E-state index in [-0.39, 0.29) is 12.7 Å². The van der Waals surface area contributed by atoms with Crippen molar-refractivity contribution < 1.29 is 19.0 Å². The van der Waals surface area contributed by atoms with E-state index in [1.54, 1.807) is 37.4 Å². The van der Waals surface area contributed by atoms with E-state index < -0.39 is 0 Å². The Kier molecular flexibility index (Phi) is 8.31. The molecule has 40 heavy (non-hydrogen) atoms. The number of pyridine rings is 1. The van der Waals surface area contributed by atoms with E-state index in [1.807, 2.05) is 36.4 Å². The Morgan fingerprint density at radius 1 is 1.15 bits per heavy atom. The largest absolute Gasteiger partial charge is 0.497 e. The SMILES string of the molecule is COc1ccc([C@@H]2C/C(=N/OCc3cn(-c4cccnc4Cl)nn3)c3cc(CC=C(C)C)c(OC)cc3O2)cc1. The van der Waals surface area contributed by atoms with Gasteiger partial charge < -0.3 is 19.0 Å². The molecule has 0 unspecified atom stereocenters. The molecule has 1 aliphatic heterocycles. The highest BCUT2D eigenvalue weighted by atomic mass is 35.5. The third-order valence-electron chi connectivity index (χ3n) is 6.47. The minimum absolute atomic E-state index is 0.131. The van der Waals surface area contributed by atoms with Crippen LogP contribution in [0.2, 0.25) is 5.15 Å². The van der Waals surface area contributed by atoms with Gasteiger partial charge in [0.15, 0.2) is 11.8 Å². The Morgan fingerprint density at radius 2 is 1.98 bits per heavy atom. The maximum absolute atomic E-state index is 6.46. The van der Waals surface area contributed by atoms with Gasteiger partial charge in [0, 0.05) is 24.2 Å². The summed E-state index contributed by atoms with van der Waals surface area (Å²) in [7, 11) is 3.31. The molecule has 0 spiro atoms. The number of methoxy groups -OCH3 is 2. The third-order valence-corrected chi connectivity index (χ3v) is 6.76. The average molecular weight is 560 g/mol. The molecule has 0 amide bonds. The van der Waals surface area contributed by atoms with Gasteiger partial charge in [-0.05, 0) is 61.7 Å². The van der Waals surface area contributed by atoms with Crippen molar-refractivity contribution in [3.8, 4) is 22.9 Å². The van der Waals surface area contributed by atoms with Crippen LogP contribution in [0.25, 0.3) is 5.69 Å². The van der Waals surface area contributed by atoms with Crippen molar-refractivity contribution in [1.82, 2.24) is 20.0 Å². The van der Waals surface area contributed by atoms with Crippen molar-refractivity contribution in [3.63, 3.8) is 0 Å². The maximum Gasteiger partial charge on any atom is 0.162 e. The van der Waals surface area contributed by atoms with Gasteiger partial charge in [-0.15, -0.1) is 5.10 Å². The Morgan fingerprint density at radius 3 is 2.70 bits per heavy atom. The number of allylic oxidation sites excluding steroid dienone is 2. The molecular formula is C30H30ClN5O4. The first-order valence-corrected chi connectivity index (χ1v) is 13.2. The summed E-state index contributed by atoms with van der Waals surface area (Å²) in [5, 5.41) is 13.2. The van der Waals surface area contributed by atoms with E-state index in [0.717, 1.165) is 40.3 Å². The first-order valence-electron chi connectivity index (χ1n) is 12.8.